The Labute approximate surface area is 138 Å². The van der Waals surface area contributed by atoms with Gasteiger partial charge in [0.25, 0.3) is 0 Å². The maximum Gasteiger partial charge on any atom is 0.0208 e. The summed E-state index contributed by atoms with van der Waals surface area (Å²) in [5.74, 6) is 0. The number of halogens is 1. The molecule has 3 rings (SSSR count). The standard InChI is InChI=1S/C20H19N.ClH/c1-3-7-17(8-4-1)15-21-16-18-11-13-20(14-12-18)19-9-5-2-6-10-19;/h1-14,21H,15-16H2;1H/p-1. The van der Waals surface area contributed by atoms with E-state index in [-0.39, 0.29) is 12.4 Å². The Hall–Kier alpha value is -2.09. The van der Waals surface area contributed by atoms with E-state index < -0.39 is 0 Å². The summed E-state index contributed by atoms with van der Waals surface area (Å²) in [7, 11) is 0. The number of benzene rings is 3. The predicted octanol–water partition coefficient (Wildman–Crippen LogP) is 1.65. The zero-order valence-corrected chi connectivity index (χ0v) is 13.1. The van der Waals surface area contributed by atoms with Crippen molar-refractivity contribution in [3.8, 4) is 11.1 Å². The van der Waals surface area contributed by atoms with Crippen LogP contribution in [-0.4, -0.2) is 0 Å². The van der Waals surface area contributed by atoms with Gasteiger partial charge in [-0.2, -0.15) is 0 Å². The lowest BCUT2D eigenvalue weighted by Gasteiger charge is -2.07. The molecule has 22 heavy (non-hydrogen) atoms. The van der Waals surface area contributed by atoms with Gasteiger partial charge in [-0.15, -0.1) is 0 Å². The fraction of sp³-hybridized carbons (Fsp3) is 0.100. The Bertz CT molecular complexity index is 663. The van der Waals surface area contributed by atoms with Gasteiger partial charge in [0.1, 0.15) is 0 Å². The molecule has 0 aliphatic heterocycles. The third kappa shape index (κ3) is 4.45. The van der Waals surface area contributed by atoms with Crippen LogP contribution in [-0.2, 0) is 13.1 Å². The molecule has 0 aliphatic carbocycles. The van der Waals surface area contributed by atoms with Crippen LogP contribution < -0.4 is 17.7 Å². The van der Waals surface area contributed by atoms with Crippen molar-refractivity contribution in [2.75, 3.05) is 0 Å². The summed E-state index contributed by atoms with van der Waals surface area (Å²) in [5.41, 5.74) is 5.16. The molecular weight excluding hydrogens is 290 g/mol. The number of rotatable bonds is 5. The normalized spacial score (nSPS) is 10.0. The van der Waals surface area contributed by atoms with Crippen LogP contribution in [0.25, 0.3) is 11.1 Å². The van der Waals surface area contributed by atoms with Gasteiger partial charge >= 0.3 is 0 Å². The molecule has 3 aromatic carbocycles. The summed E-state index contributed by atoms with van der Waals surface area (Å²) in [6.07, 6.45) is 0. The van der Waals surface area contributed by atoms with Gasteiger partial charge in [-0.1, -0.05) is 84.9 Å². The third-order valence-electron chi connectivity index (χ3n) is 3.56. The van der Waals surface area contributed by atoms with Gasteiger partial charge in [-0.25, -0.2) is 0 Å². The lowest BCUT2D eigenvalue weighted by Crippen LogP contribution is -3.00. The summed E-state index contributed by atoms with van der Waals surface area (Å²) in [6, 6.07) is 29.7. The predicted molar refractivity (Wildman–Crippen MR) is 88.9 cm³/mol. The molecule has 2 heteroatoms. The van der Waals surface area contributed by atoms with Crippen LogP contribution in [0.2, 0.25) is 0 Å². The van der Waals surface area contributed by atoms with Gasteiger partial charge in [-0.05, 0) is 22.3 Å². The number of nitrogens with one attached hydrogen (secondary N) is 1. The molecule has 1 nitrogen and oxygen atoms in total. The van der Waals surface area contributed by atoms with Crippen LogP contribution in [0.3, 0.4) is 0 Å². The maximum absolute atomic E-state index is 3.48. The third-order valence-corrected chi connectivity index (χ3v) is 3.56. The average Bonchev–Trinajstić information content (AvgIpc) is 2.57. The number of hydrogen-bond acceptors (Lipinski definition) is 1. The summed E-state index contributed by atoms with van der Waals surface area (Å²) in [5, 5.41) is 3.48. The summed E-state index contributed by atoms with van der Waals surface area (Å²) in [4.78, 5) is 0. The van der Waals surface area contributed by atoms with Gasteiger partial charge in [0.15, 0.2) is 0 Å². The van der Waals surface area contributed by atoms with Gasteiger partial charge in [0.05, 0.1) is 0 Å². The Morgan fingerprint density at radius 2 is 0.955 bits per heavy atom. The second-order valence-electron chi connectivity index (χ2n) is 5.15. The van der Waals surface area contributed by atoms with Gasteiger partial charge in [-0.3, -0.25) is 0 Å². The molecule has 1 N–H and O–H groups in total. The van der Waals surface area contributed by atoms with E-state index in [9.17, 15) is 0 Å². The molecule has 0 aromatic heterocycles. The summed E-state index contributed by atoms with van der Waals surface area (Å²) < 4.78 is 0. The fourth-order valence-corrected chi connectivity index (χ4v) is 2.39. The minimum absolute atomic E-state index is 0. The van der Waals surface area contributed by atoms with Crippen LogP contribution in [0.15, 0.2) is 84.9 Å². The molecule has 0 fully saturated rings. The molecular formula is C20H19ClN-. The minimum Gasteiger partial charge on any atom is -1.00 e. The van der Waals surface area contributed by atoms with E-state index >= 15 is 0 Å². The highest BCUT2D eigenvalue weighted by molar-refractivity contribution is 5.63. The molecule has 112 valence electrons. The molecule has 0 unspecified atom stereocenters. The zero-order valence-electron chi connectivity index (χ0n) is 12.4. The van der Waals surface area contributed by atoms with Crippen molar-refractivity contribution in [2.45, 2.75) is 13.1 Å². The molecule has 0 heterocycles. The largest absolute Gasteiger partial charge is 1.00 e. The second kappa shape index (κ2) is 8.38. The smallest absolute Gasteiger partial charge is 0.0208 e. The van der Waals surface area contributed by atoms with E-state index in [0.29, 0.717) is 0 Å². The fourth-order valence-electron chi connectivity index (χ4n) is 2.39. The van der Waals surface area contributed by atoms with Gasteiger partial charge in [0.2, 0.25) is 0 Å². The minimum atomic E-state index is 0. The molecule has 3 aromatic rings. The highest BCUT2D eigenvalue weighted by Crippen LogP contribution is 2.19. The first-order valence-electron chi connectivity index (χ1n) is 7.31. The average molecular weight is 309 g/mol. The van der Waals surface area contributed by atoms with Gasteiger partial charge in [0, 0.05) is 13.1 Å². The van der Waals surface area contributed by atoms with Crippen molar-refractivity contribution in [1.82, 2.24) is 5.32 Å². The highest BCUT2D eigenvalue weighted by atomic mass is 35.5. The Balaban J connectivity index is 0.00000176. The van der Waals surface area contributed by atoms with E-state index in [1.165, 1.54) is 22.3 Å². The first-order chi connectivity index (χ1) is 10.4. The zero-order chi connectivity index (χ0) is 14.3. The van der Waals surface area contributed by atoms with Crippen LogP contribution in [0.4, 0.5) is 0 Å². The van der Waals surface area contributed by atoms with Gasteiger partial charge < -0.3 is 17.7 Å². The summed E-state index contributed by atoms with van der Waals surface area (Å²) in [6.45, 7) is 1.80. The Morgan fingerprint density at radius 1 is 0.500 bits per heavy atom. The molecule has 0 amide bonds. The van der Waals surface area contributed by atoms with Crippen LogP contribution in [0, 0.1) is 0 Å². The lowest BCUT2D eigenvalue weighted by molar-refractivity contribution is -0.00000416. The van der Waals surface area contributed by atoms with Crippen molar-refractivity contribution in [2.24, 2.45) is 0 Å². The molecule has 0 atom stereocenters. The SMILES string of the molecule is [Cl-].c1ccc(CNCc2ccc(-c3ccccc3)cc2)cc1. The monoisotopic (exact) mass is 308 g/mol. The quantitative estimate of drug-likeness (QED) is 0.756. The lowest BCUT2D eigenvalue weighted by atomic mass is 10.0. The van der Waals surface area contributed by atoms with Crippen LogP contribution in [0.1, 0.15) is 11.1 Å². The van der Waals surface area contributed by atoms with E-state index in [4.69, 9.17) is 0 Å². The van der Waals surface area contributed by atoms with Crippen LogP contribution >= 0.6 is 0 Å². The topological polar surface area (TPSA) is 12.0 Å². The van der Waals surface area contributed by atoms with Crippen molar-refractivity contribution in [3.63, 3.8) is 0 Å². The molecule has 0 radical (unpaired) electrons. The van der Waals surface area contributed by atoms with E-state index in [2.05, 4.69) is 78.1 Å². The van der Waals surface area contributed by atoms with E-state index in [1.54, 1.807) is 0 Å². The van der Waals surface area contributed by atoms with E-state index in [0.717, 1.165) is 13.1 Å². The highest BCUT2D eigenvalue weighted by Gasteiger charge is 1.97. The van der Waals surface area contributed by atoms with Crippen molar-refractivity contribution < 1.29 is 12.4 Å². The molecule has 0 aliphatic rings. The first kappa shape index (κ1) is 16.3. The van der Waals surface area contributed by atoms with Crippen molar-refractivity contribution in [1.29, 1.82) is 0 Å². The Kier molecular flexibility index (Phi) is 6.20. The molecule has 0 bridgehead atoms. The summed E-state index contributed by atoms with van der Waals surface area (Å²) >= 11 is 0. The number of hydrogen-bond donors (Lipinski definition) is 1. The molecule has 0 spiro atoms. The second-order valence-corrected chi connectivity index (χ2v) is 5.15. The van der Waals surface area contributed by atoms with Crippen LogP contribution in [0.5, 0.6) is 0 Å². The van der Waals surface area contributed by atoms with Crippen molar-refractivity contribution in [3.05, 3.63) is 96.1 Å². The maximum atomic E-state index is 3.48. The molecule has 0 saturated carbocycles. The van der Waals surface area contributed by atoms with Crippen molar-refractivity contribution >= 4 is 0 Å². The van der Waals surface area contributed by atoms with E-state index in [1.807, 2.05) is 12.1 Å². The molecule has 0 saturated heterocycles. The Morgan fingerprint density at radius 3 is 1.55 bits per heavy atom. The first-order valence-corrected chi connectivity index (χ1v) is 7.31.